The molecule has 226 valence electrons. The van der Waals surface area contributed by atoms with Crippen molar-refractivity contribution in [2.24, 2.45) is 0 Å². The van der Waals surface area contributed by atoms with E-state index in [-0.39, 0.29) is 24.4 Å². The number of aromatic amines is 1. The maximum atomic E-state index is 12.6. The summed E-state index contributed by atoms with van der Waals surface area (Å²) in [4.78, 5) is 31.1. The number of aromatic nitrogens is 4. The van der Waals surface area contributed by atoms with Gasteiger partial charge in [0.25, 0.3) is 0 Å². The highest BCUT2D eigenvalue weighted by Gasteiger charge is 2.36. The van der Waals surface area contributed by atoms with E-state index in [0.717, 1.165) is 63.5 Å². The lowest BCUT2D eigenvalue weighted by Gasteiger charge is -2.42. The number of carbonyl (C=O) groups excluding carboxylic acids is 1. The van der Waals surface area contributed by atoms with Gasteiger partial charge in [0.1, 0.15) is 12.4 Å². The van der Waals surface area contributed by atoms with Gasteiger partial charge < -0.3 is 19.4 Å². The molecule has 0 radical (unpaired) electrons. The number of anilines is 1. The molecule has 0 spiro atoms. The van der Waals surface area contributed by atoms with Crippen molar-refractivity contribution in [3.8, 4) is 12.1 Å². The van der Waals surface area contributed by atoms with Crippen LogP contribution in [0.15, 0.2) is 24.9 Å². The second-order valence-electron chi connectivity index (χ2n) is 11.9. The molecule has 11 nitrogen and oxygen atoms in total. The molecule has 12 heteroatoms. The summed E-state index contributed by atoms with van der Waals surface area (Å²) in [6.45, 7) is 9.43. The van der Waals surface area contributed by atoms with Crippen LogP contribution in [0.4, 0.5) is 5.82 Å². The summed E-state index contributed by atoms with van der Waals surface area (Å²) in [5, 5.41) is 18.7. The van der Waals surface area contributed by atoms with Crippen molar-refractivity contribution in [2.45, 2.75) is 57.3 Å². The minimum absolute atomic E-state index is 0.0232. The lowest BCUT2D eigenvalue weighted by atomic mass is 9.90. The summed E-state index contributed by atoms with van der Waals surface area (Å²) in [6.07, 6.45) is 6.26. The molecule has 2 saturated heterocycles. The number of nitrogens with zero attached hydrogens (tertiary/aromatic N) is 8. The molecule has 2 aromatic heterocycles. The number of carbonyl (C=O) groups is 1. The highest BCUT2D eigenvalue weighted by molar-refractivity contribution is 6.33. The van der Waals surface area contributed by atoms with E-state index < -0.39 is 0 Å². The highest BCUT2D eigenvalue weighted by atomic mass is 35.5. The van der Waals surface area contributed by atoms with Crippen molar-refractivity contribution in [3.05, 3.63) is 52.3 Å². The van der Waals surface area contributed by atoms with Crippen LogP contribution in [-0.2, 0) is 17.8 Å². The fourth-order valence-corrected chi connectivity index (χ4v) is 7.11. The van der Waals surface area contributed by atoms with Crippen molar-refractivity contribution in [1.82, 2.24) is 34.9 Å². The topological polar surface area (TPSA) is 118 Å². The molecule has 1 N–H and O–H groups in total. The van der Waals surface area contributed by atoms with Crippen LogP contribution in [0.25, 0.3) is 10.9 Å². The zero-order chi connectivity index (χ0) is 30.2. The number of rotatable bonds is 7. The van der Waals surface area contributed by atoms with Crippen molar-refractivity contribution < 1.29 is 9.53 Å². The molecule has 2 fully saturated rings. The molecule has 3 unspecified atom stereocenters. The SMILES string of the molecule is C=CC(=O)N1CCN(c2nc(OCC3CCCN3C)nc3c2CN(C)C(c2c(Cl)c(C)cc4[nH]ncc24)C3)CC1CC#N. The van der Waals surface area contributed by atoms with Gasteiger partial charge in [0.05, 0.1) is 35.9 Å². The van der Waals surface area contributed by atoms with Gasteiger partial charge in [-0.1, -0.05) is 18.2 Å². The smallest absolute Gasteiger partial charge is 0.318 e. The molecule has 3 atom stereocenters. The maximum Gasteiger partial charge on any atom is 0.318 e. The number of ether oxygens (including phenoxy) is 1. The first-order valence-corrected chi connectivity index (χ1v) is 15.3. The van der Waals surface area contributed by atoms with Crippen molar-refractivity contribution >= 4 is 34.2 Å². The molecule has 0 aliphatic carbocycles. The summed E-state index contributed by atoms with van der Waals surface area (Å²) < 4.78 is 6.30. The third-order valence-corrected chi connectivity index (χ3v) is 9.76. The van der Waals surface area contributed by atoms with E-state index in [9.17, 15) is 10.1 Å². The predicted molar refractivity (Wildman–Crippen MR) is 165 cm³/mol. The van der Waals surface area contributed by atoms with Gasteiger partial charge in [-0.3, -0.25) is 14.8 Å². The van der Waals surface area contributed by atoms with E-state index in [2.05, 4.69) is 51.6 Å². The first-order valence-electron chi connectivity index (χ1n) is 14.9. The molecule has 43 heavy (non-hydrogen) atoms. The number of hydrogen-bond donors (Lipinski definition) is 1. The number of fused-ring (bicyclic) bond motifs is 2. The average Bonchev–Trinajstić information content (AvgIpc) is 3.64. The number of piperazine rings is 1. The van der Waals surface area contributed by atoms with E-state index in [1.165, 1.54) is 6.08 Å². The molecule has 0 bridgehead atoms. The van der Waals surface area contributed by atoms with Gasteiger partial charge in [0, 0.05) is 60.7 Å². The van der Waals surface area contributed by atoms with Crippen molar-refractivity contribution in [1.29, 1.82) is 5.26 Å². The Bertz CT molecular complexity index is 1580. The van der Waals surface area contributed by atoms with Crippen LogP contribution in [0, 0.1) is 18.3 Å². The van der Waals surface area contributed by atoms with Crippen LogP contribution < -0.4 is 9.64 Å². The number of aryl methyl sites for hydroxylation is 1. The van der Waals surface area contributed by atoms with Crippen molar-refractivity contribution in [3.63, 3.8) is 0 Å². The molecule has 0 saturated carbocycles. The van der Waals surface area contributed by atoms with E-state index in [1.54, 1.807) is 4.90 Å². The van der Waals surface area contributed by atoms with E-state index in [4.69, 9.17) is 26.3 Å². The minimum Gasteiger partial charge on any atom is -0.462 e. The van der Waals surface area contributed by atoms with Gasteiger partial charge in [-0.2, -0.15) is 20.3 Å². The summed E-state index contributed by atoms with van der Waals surface area (Å²) in [6, 6.07) is 4.70. The summed E-state index contributed by atoms with van der Waals surface area (Å²) in [5.41, 5.74) is 4.96. The van der Waals surface area contributed by atoms with E-state index in [1.807, 2.05) is 19.2 Å². The molecule has 3 aromatic rings. The Labute approximate surface area is 257 Å². The third kappa shape index (κ3) is 5.55. The quantitative estimate of drug-likeness (QED) is 0.404. The van der Waals surface area contributed by atoms with Gasteiger partial charge in [-0.25, -0.2) is 0 Å². The van der Waals surface area contributed by atoms with Gasteiger partial charge >= 0.3 is 6.01 Å². The Kier molecular flexibility index (Phi) is 8.27. The van der Waals surface area contributed by atoms with Crippen LogP contribution >= 0.6 is 11.6 Å². The standard InChI is InChI=1S/C31H38ClN9O2/c1-5-27(42)41-12-11-40(16-20(41)8-9-33)30-23-17-39(4)26(28-22-15-34-37-25(22)13-19(2)29(28)32)14-24(23)35-31(36-30)43-18-21-7-6-10-38(21)3/h5,13,15,20-21,26H,1,6-8,10-12,14,16-18H2,2-4H3,(H,34,37). The van der Waals surface area contributed by atoms with Crippen molar-refractivity contribution in [2.75, 3.05) is 51.8 Å². The van der Waals surface area contributed by atoms with E-state index in [0.29, 0.717) is 51.3 Å². The Morgan fingerprint density at radius 3 is 2.84 bits per heavy atom. The number of nitrogens with one attached hydrogen (secondary N) is 1. The summed E-state index contributed by atoms with van der Waals surface area (Å²) in [5.74, 6) is 0.653. The first kappa shape index (κ1) is 29.4. The normalized spacial score (nSPS) is 22.9. The second-order valence-corrected chi connectivity index (χ2v) is 12.3. The number of nitriles is 1. The molecule has 1 amide bonds. The lowest BCUT2D eigenvalue weighted by molar-refractivity contribution is -0.128. The van der Waals surface area contributed by atoms with Gasteiger partial charge in [0.2, 0.25) is 5.91 Å². The second kappa shape index (κ2) is 12.1. The zero-order valence-corrected chi connectivity index (χ0v) is 25.8. The van der Waals surface area contributed by atoms with Crippen LogP contribution in [0.3, 0.4) is 0 Å². The number of likely N-dealkylation sites (tertiary alicyclic amines) is 1. The number of H-pyrrole nitrogens is 1. The zero-order valence-electron chi connectivity index (χ0n) is 25.0. The number of halogens is 1. The largest absolute Gasteiger partial charge is 0.462 e. The minimum atomic E-state index is -0.263. The van der Waals surface area contributed by atoms with Gasteiger partial charge in [-0.15, -0.1) is 0 Å². The fraction of sp³-hybridized carbons (Fsp3) is 0.516. The highest BCUT2D eigenvalue weighted by Crippen LogP contribution is 2.42. The Hall–Kier alpha value is -3.72. The molecule has 6 rings (SSSR count). The maximum absolute atomic E-state index is 12.6. The Morgan fingerprint density at radius 1 is 1.26 bits per heavy atom. The molecular formula is C31H38ClN9O2. The molecular weight excluding hydrogens is 566 g/mol. The van der Waals surface area contributed by atoms with E-state index >= 15 is 0 Å². The van der Waals surface area contributed by atoms with Crippen LogP contribution in [0.1, 0.15) is 47.7 Å². The monoisotopic (exact) mass is 603 g/mol. The van der Waals surface area contributed by atoms with Gasteiger partial charge in [-0.05, 0) is 63.7 Å². The number of amides is 1. The molecule has 1 aromatic carbocycles. The van der Waals surface area contributed by atoms with Gasteiger partial charge in [0.15, 0.2) is 0 Å². The molecule has 3 aliphatic heterocycles. The molecule has 3 aliphatic rings. The Balaban J connectivity index is 1.38. The third-order valence-electron chi connectivity index (χ3n) is 9.26. The average molecular weight is 604 g/mol. The lowest BCUT2D eigenvalue weighted by Crippen LogP contribution is -2.55. The Morgan fingerprint density at radius 2 is 2.09 bits per heavy atom. The number of likely N-dealkylation sites (N-methyl/N-ethyl adjacent to an activating group) is 2. The predicted octanol–water partition coefficient (Wildman–Crippen LogP) is 3.63. The summed E-state index contributed by atoms with van der Waals surface area (Å²) >= 11 is 6.97. The molecule has 5 heterocycles. The number of hydrogen-bond acceptors (Lipinski definition) is 9. The first-order chi connectivity index (χ1) is 20.8. The van der Waals surface area contributed by atoms with Crippen LogP contribution in [0.2, 0.25) is 5.02 Å². The number of benzene rings is 1. The fourth-order valence-electron chi connectivity index (χ4n) is 6.83. The summed E-state index contributed by atoms with van der Waals surface area (Å²) in [7, 11) is 4.23. The van der Waals surface area contributed by atoms with Crippen LogP contribution in [0.5, 0.6) is 6.01 Å². The van der Waals surface area contributed by atoms with Crippen LogP contribution in [-0.4, -0.2) is 99.7 Å².